The van der Waals surface area contributed by atoms with Gasteiger partial charge in [0.2, 0.25) is 0 Å². The van der Waals surface area contributed by atoms with Crippen molar-refractivity contribution in [1.82, 2.24) is 0 Å². The van der Waals surface area contributed by atoms with E-state index in [1.807, 2.05) is 6.07 Å². The van der Waals surface area contributed by atoms with Crippen LogP contribution in [0.2, 0.25) is 0 Å². The van der Waals surface area contributed by atoms with Gasteiger partial charge < -0.3 is 10.2 Å². The van der Waals surface area contributed by atoms with Gasteiger partial charge in [-0.1, -0.05) is 89.7 Å². The molecule has 0 radical (unpaired) electrons. The minimum atomic E-state index is -1.04. The van der Waals surface area contributed by atoms with Crippen LogP contribution in [0.25, 0.3) is 0 Å². The average Bonchev–Trinajstić information content (AvgIpc) is 2.55. The lowest BCUT2D eigenvalue weighted by Gasteiger charge is -2.08. The molecule has 0 bridgehead atoms. The topological polar surface area (TPSA) is 57.5 Å². The molecule has 0 aliphatic rings. The molecule has 0 heterocycles. The molecular weight excluding hydrogens is 300 g/mol. The number of hydrogen-bond acceptors (Lipinski definition) is 2. The Morgan fingerprint density at radius 3 is 1.83 bits per heavy atom. The summed E-state index contributed by atoms with van der Waals surface area (Å²) in [6.07, 6.45) is 16.2. The second kappa shape index (κ2) is 12.9. The zero-order valence-electron chi connectivity index (χ0n) is 15.2. The van der Waals surface area contributed by atoms with Gasteiger partial charge in [0.15, 0.2) is 0 Å². The summed E-state index contributed by atoms with van der Waals surface area (Å²) in [5.74, 6) is -1.17. The van der Waals surface area contributed by atoms with E-state index in [1.54, 1.807) is 6.07 Å². The van der Waals surface area contributed by atoms with Crippen LogP contribution in [0, 0.1) is 0 Å². The third-order valence-electron chi connectivity index (χ3n) is 4.64. The van der Waals surface area contributed by atoms with Gasteiger partial charge in [-0.25, -0.2) is 4.79 Å². The summed E-state index contributed by atoms with van der Waals surface area (Å²) < 4.78 is 0. The number of benzene rings is 1. The quantitative estimate of drug-likeness (QED) is 0.391. The predicted octanol–water partition coefficient (Wildman–Crippen LogP) is 6.33. The van der Waals surface area contributed by atoms with E-state index in [-0.39, 0.29) is 11.3 Å². The highest BCUT2D eigenvalue weighted by atomic mass is 16.4. The van der Waals surface area contributed by atoms with Crippen molar-refractivity contribution in [3.8, 4) is 5.75 Å². The van der Waals surface area contributed by atoms with Gasteiger partial charge in [-0.2, -0.15) is 0 Å². The maximum absolute atomic E-state index is 11.2. The second-order valence-electron chi connectivity index (χ2n) is 6.76. The van der Waals surface area contributed by atoms with Crippen molar-refractivity contribution in [3.05, 3.63) is 29.3 Å². The summed E-state index contributed by atoms with van der Waals surface area (Å²) in [7, 11) is 0. The number of aromatic hydroxyl groups is 1. The fraction of sp³-hybridized carbons (Fsp3) is 0.667. The number of unbranched alkanes of at least 4 members (excludes halogenated alkanes) is 11. The highest BCUT2D eigenvalue weighted by molar-refractivity contribution is 5.92. The van der Waals surface area contributed by atoms with Crippen LogP contribution in [0.5, 0.6) is 5.75 Å². The first-order chi connectivity index (χ1) is 11.7. The molecule has 0 aliphatic heterocycles. The molecule has 3 heteroatoms. The molecule has 1 rings (SSSR count). The maximum atomic E-state index is 11.2. The molecule has 0 saturated heterocycles. The van der Waals surface area contributed by atoms with Gasteiger partial charge in [-0.15, -0.1) is 0 Å². The van der Waals surface area contributed by atoms with E-state index in [1.165, 1.54) is 70.3 Å². The Kier molecular flexibility index (Phi) is 11.0. The van der Waals surface area contributed by atoms with Gasteiger partial charge in [0.05, 0.1) is 0 Å². The number of carboxylic acids is 1. The zero-order valence-corrected chi connectivity index (χ0v) is 15.2. The number of phenols is 1. The zero-order chi connectivity index (χ0) is 17.6. The number of carboxylic acid groups (broad SMARTS) is 1. The molecule has 0 aromatic heterocycles. The number of aryl methyl sites for hydroxylation is 1. The first kappa shape index (κ1) is 20.5. The van der Waals surface area contributed by atoms with Crippen LogP contribution >= 0.6 is 0 Å². The molecular formula is C21H34O3. The summed E-state index contributed by atoms with van der Waals surface area (Å²) in [6, 6.07) is 4.97. The van der Waals surface area contributed by atoms with E-state index in [0.29, 0.717) is 0 Å². The van der Waals surface area contributed by atoms with Crippen molar-refractivity contribution in [2.24, 2.45) is 0 Å². The van der Waals surface area contributed by atoms with E-state index < -0.39 is 5.97 Å². The summed E-state index contributed by atoms with van der Waals surface area (Å²) in [5.41, 5.74) is 0.815. The first-order valence-electron chi connectivity index (χ1n) is 9.71. The Morgan fingerprint density at radius 1 is 0.833 bits per heavy atom. The number of rotatable bonds is 14. The molecule has 0 aliphatic carbocycles. The molecule has 1 aromatic carbocycles. The van der Waals surface area contributed by atoms with Crippen LogP contribution in [0.4, 0.5) is 0 Å². The highest BCUT2D eigenvalue weighted by Crippen LogP contribution is 2.23. The minimum Gasteiger partial charge on any atom is -0.507 e. The molecule has 0 amide bonds. The molecule has 3 nitrogen and oxygen atoms in total. The Bertz CT molecular complexity index is 468. The van der Waals surface area contributed by atoms with Gasteiger partial charge in [0.1, 0.15) is 11.3 Å². The minimum absolute atomic E-state index is 0.0700. The summed E-state index contributed by atoms with van der Waals surface area (Å²) >= 11 is 0. The summed E-state index contributed by atoms with van der Waals surface area (Å²) in [4.78, 5) is 11.2. The standard InChI is InChI=1S/C21H34O3/c1-2-3-4-5-6-7-8-9-10-11-12-13-15-18-16-14-17-19(22)20(18)21(23)24/h14,16-17,22H,2-13,15H2,1H3,(H,23,24). The lowest BCUT2D eigenvalue weighted by atomic mass is 9.99. The highest BCUT2D eigenvalue weighted by Gasteiger charge is 2.14. The van der Waals surface area contributed by atoms with Crippen molar-refractivity contribution >= 4 is 5.97 Å². The molecule has 2 N–H and O–H groups in total. The largest absolute Gasteiger partial charge is 0.507 e. The monoisotopic (exact) mass is 334 g/mol. The summed E-state index contributed by atoms with van der Waals surface area (Å²) in [5, 5.41) is 18.8. The van der Waals surface area contributed by atoms with Crippen LogP contribution in [0.1, 0.15) is 99.9 Å². The van der Waals surface area contributed by atoms with Gasteiger partial charge in [0, 0.05) is 0 Å². The third kappa shape index (κ3) is 8.37. The normalized spacial score (nSPS) is 10.9. The molecule has 0 atom stereocenters. The van der Waals surface area contributed by atoms with Crippen molar-refractivity contribution in [2.45, 2.75) is 90.4 Å². The fourth-order valence-corrected chi connectivity index (χ4v) is 3.20. The number of aromatic carboxylic acids is 1. The first-order valence-corrected chi connectivity index (χ1v) is 9.71. The van der Waals surface area contributed by atoms with Gasteiger partial charge in [-0.3, -0.25) is 0 Å². The SMILES string of the molecule is CCCCCCCCCCCCCCc1cccc(O)c1C(=O)O. The average molecular weight is 335 g/mol. The van der Waals surface area contributed by atoms with Crippen molar-refractivity contribution in [3.63, 3.8) is 0 Å². The lowest BCUT2D eigenvalue weighted by molar-refractivity contribution is 0.0692. The van der Waals surface area contributed by atoms with E-state index in [2.05, 4.69) is 6.92 Å². The van der Waals surface area contributed by atoms with Crippen LogP contribution in [0.3, 0.4) is 0 Å². The van der Waals surface area contributed by atoms with Crippen LogP contribution in [0.15, 0.2) is 18.2 Å². The van der Waals surface area contributed by atoms with E-state index in [0.717, 1.165) is 24.8 Å². The van der Waals surface area contributed by atoms with Crippen LogP contribution in [-0.4, -0.2) is 16.2 Å². The maximum Gasteiger partial charge on any atom is 0.339 e. The molecule has 24 heavy (non-hydrogen) atoms. The molecule has 0 saturated carbocycles. The van der Waals surface area contributed by atoms with Crippen molar-refractivity contribution < 1.29 is 15.0 Å². The van der Waals surface area contributed by atoms with E-state index >= 15 is 0 Å². The number of hydrogen-bond donors (Lipinski definition) is 2. The van der Waals surface area contributed by atoms with Gasteiger partial charge in [0.25, 0.3) is 0 Å². The molecule has 0 spiro atoms. The Morgan fingerprint density at radius 2 is 1.33 bits per heavy atom. The molecule has 0 unspecified atom stereocenters. The Balaban J connectivity index is 2.05. The lowest BCUT2D eigenvalue weighted by Crippen LogP contribution is -2.03. The second-order valence-corrected chi connectivity index (χ2v) is 6.76. The van der Waals surface area contributed by atoms with Crippen LogP contribution < -0.4 is 0 Å². The predicted molar refractivity (Wildman–Crippen MR) is 99.8 cm³/mol. The van der Waals surface area contributed by atoms with E-state index in [9.17, 15) is 15.0 Å². The number of carbonyl (C=O) groups is 1. The molecule has 136 valence electrons. The van der Waals surface area contributed by atoms with Crippen molar-refractivity contribution in [2.75, 3.05) is 0 Å². The molecule has 1 aromatic rings. The van der Waals surface area contributed by atoms with Crippen molar-refractivity contribution in [1.29, 1.82) is 0 Å². The fourth-order valence-electron chi connectivity index (χ4n) is 3.20. The Hall–Kier alpha value is -1.51. The van der Waals surface area contributed by atoms with Crippen LogP contribution in [-0.2, 0) is 6.42 Å². The smallest absolute Gasteiger partial charge is 0.339 e. The summed E-state index contributed by atoms with van der Waals surface area (Å²) in [6.45, 7) is 2.25. The third-order valence-corrected chi connectivity index (χ3v) is 4.64. The Labute approximate surface area is 147 Å². The van der Waals surface area contributed by atoms with Gasteiger partial charge >= 0.3 is 5.97 Å². The van der Waals surface area contributed by atoms with E-state index in [4.69, 9.17) is 0 Å². The molecule has 0 fully saturated rings. The van der Waals surface area contributed by atoms with Gasteiger partial charge in [-0.05, 0) is 24.5 Å².